The standard InChI is InChI=1S/C18H22N4O/c1-6-7-19-16-10-15(20-14(5)21-16)18(23)22-17-12(3)8-11(2)9-13(17)4/h6,8-10H,1,7H2,2-5H3,(H,22,23)(H,19,20,21). The molecule has 2 rings (SSSR count). The van der Waals surface area contributed by atoms with Gasteiger partial charge in [0.05, 0.1) is 0 Å². The topological polar surface area (TPSA) is 66.9 Å². The molecule has 0 atom stereocenters. The lowest BCUT2D eigenvalue weighted by molar-refractivity contribution is 0.102. The molecule has 120 valence electrons. The Bertz CT molecular complexity index is 730. The summed E-state index contributed by atoms with van der Waals surface area (Å²) in [6.07, 6.45) is 1.73. The third-order valence-corrected chi connectivity index (χ3v) is 3.41. The Balaban J connectivity index is 2.27. The first-order valence-corrected chi connectivity index (χ1v) is 7.50. The second kappa shape index (κ2) is 7.05. The Kier molecular flexibility index (Phi) is 5.11. The molecule has 0 spiro atoms. The predicted octanol–water partition coefficient (Wildman–Crippen LogP) is 3.56. The molecule has 0 saturated carbocycles. The number of hydrogen-bond donors (Lipinski definition) is 2. The van der Waals surface area contributed by atoms with E-state index in [2.05, 4.69) is 27.2 Å². The molecule has 23 heavy (non-hydrogen) atoms. The maximum atomic E-state index is 12.5. The number of anilines is 2. The van der Waals surface area contributed by atoms with Crippen molar-refractivity contribution in [1.29, 1.82) is 0 Å². The number of carbonyl (C=O) groups excluding carboxylic acids is 1. The van der Waals surface area contributed by atoms with Gasteiger partial charge in [0.1, 0.15) is 17.3 Å². The summed E-state index contributed by atoms with van der Waals surface area (Å²) in [6.45, 7) is 12.0. The largest absolute Gasteiger partial charge is 0.366 e. The summed E-state index contributed by atoms with van der Waals surface area (Å²) in [4.78, 5) is 21.0. The fourth-order valence-corrected chi connectivity index (χ4v) is 2.51. The van der Waals surface area contributed by atoms with Crippen molar-refractivity contribution in [2.75, 3.05) is 17.2 Å². The van der Waals surface area contributed by atoms with Crippen LogP contribution in [0, 0.1) is 27.7 Å². The summed E-state index contributed by atoms with van der Waals surface area (Å²) in [6, 6.07) is 5.74. The van der Waals surface area contributed by atoms with Crippen LogP contribution in [0.3, 0.4) is 0 Å². The molecule has 1 aromatic carbocycles. The van der Waals surface area contributed by atoms with Crippen molar-refractivity contribution < 1.29 is 4.79 Å². The number of nitrogens with one attached hydrogen (secondary N) is 2. The molecule has 5 nitrogen and oxygen atoms in total. The molecule has 2 aromatic rings. The molecule has 0 bridgehead atoms. The SMILES string of the molecule is C=CCNc1cc(C(=O)Nc2c(C)cc(C)cc2C)nc(C)n1. The van der Waals surface area contributed by atoms with E-state index in [0.717, 1.165) is 16.8 Å². The molecule has 1 heterocycles. The molecular weight excluding hydrogens is 288 g/mol. The normalized spacial score (nSPS) is 10.3. The number of aryl methyl sites for hydroxylation is 4. The second-order valence-corrected chi connectivity index (χ2v) is 5.58. The van der Waals surface area contributed by atoms with E-state index in [4.69, 9.17) is 0 Å². The van der Waals surface area contributed by atoms with E-state index in [1.165, 1.54) is 5.56 Å². The fraction of sp³-hybridized carbons (Fsp3) is 0.278. The van der Waals surface area contributed by atoms with Gasteiger partial charge in [-0.1, -0.05) is 23.8 Å². The summed E-state index contributed by atoms with van der Waals surface area (Å²) >= 11 is 0. The van der Waals surface area contributed by atoms with E-state index in [1.54, 1.807) is 19.1 Å². The number of nitrogens with zero attached hydrogens (tertiary/aromatic N) is 2. The lowest BCUT2D eigenvalue weighted by Gasteiger charge is -2.13. The molecular formula is C18H22N4O. The highest BCUT2D eigenvalue weighted by atomic mass is 16.1. The molecule has 0 radical (unpaired) electrons. The van der Waals surface area contributed by atoms with Gasteiger partial charge in [-0.25, -0.2) is 9.97 Å². The first-order valence-electron chi connectivity index (χ1n) is 7.50. The van der Waals surface area contributed by atoms with Gasteiger partial charge < -0.3 is 10.6 Å². The van der Waals surface area contributed by atoms with Gasteiger partial charge in [-0.15, -0.1) is 6.58 Å². The Hall–Kier alpha value is -2.69. The number of hydrogen-bond acceptors (Lipinski definition) is 4. The van der Waals surface area contributed by atoms with Crippen molar-refractivity contribution in [2.45, 2.75) is 27.7 Å². The molecule has 1 aromatic heterocycles. The number of carbonyl (C=O) groups is 1. The number of aromatic nitrogens is 2. The van der Waals surface area contributed by atoms with Crippen LogP contribution >= 0.6 is 0 Å². The van der Waals surface area contributed by atoms with Gasteiger partial charge in [0.25, 0.3) is 5.91 Å². The first-order chi connectivity index (χ1) is 10.9. The number of amides is 1. The zero-order chi connectivity index (χ0) is 17.0. The van der Waals surface area contributed by atoms with Gasteiger partial charge in [-0.3, -0.25) is 4.79 Å². The molecule has 5 heteroatoms. The lowest BCUT2D eigenvalue weighted by Crippen LogP contribution is -2.17. The summed E-state index contributed by atoms with van der Waals surface area (Å²) in [5.41, 5.74) is 4.41. The Morgan fingerprint density at radius 3 is 2.39 bits per heavy atom. The Morgan fingerprint density at radius 2 is 1.78 bits per heavy atom. The average molecular weight is 310 g/mol. The summed E-state index contributed by atoms with van der Waals surface area (Å²) in [7, 11) is 0. The van der Waals surface area contributed by atoms with Crippen LogP contribution in [0.4, 0.5) is 11.5 Å². The highest BCUT2D eigenvalue weighted by Gasteiger charge is 2.13. The van der Waals surface area contributed by atoms with Gasteiger partial charge in [0, 0.05) is 18.3 Å². The van der Waals surface area contributed by atoms with Crippen LogP contribution in [0.1, 0.15) is 33.0 Å². The summed E-state index contributed by atoms with van der Waals surface area (Å²) in [5.74, 6) is 0.911. The third kappa shape index (κ3) is 4.16. The fourth-order valence-electron chi connectivity index (χ4n) is 2.51. The minimum Gasteiger partial charge on any atom is -0.366 e. The third-order valence-electron chi connectivity index (χ3n) is 3.41. The van der Waals surface area contributed by atoms with Crippen LogP contribution in [0.15, 0.2) is 30.9 Å². The van der Waals surface area contributed by atoms with Gasteiger partial charge in [-0.05, 0) is 38.8 Å². The van der Waals surface area contributed by atoms with Gasteiger partial charge in [0.15, 0.2) is 0 Å². The van der Waals surface area contributed by atoms with Gasteiger partial charge >= 0.3 is 0 Å². The van der Waals surface area contributed by atoms with E-state index in [-0.39, 0.29) is 5.91 Å². The van der Waals surface area contributed by atoms with Gasteiger partial charge in [0.2, 0.25) is 0 Å². The van der Waals surface area contributed by atoms with Crippen molar-refractivity contribution in [3.8, 4) is 0 Å². The van der Waals surface area contributed by atoms with Gasteiger partial charge in [-0.2, -0.15) is 0 Å². The molecule has 0 fully saturated rings. The number of rotatable bonds is 5. The molecule has 1 amide bonds. The minimum absolute atomic E-state index is 0.243. The highest BCUT2D eigenvalue weighted by molar-refractivity contribution is 6.04. The predicted molar refractivity (Wildman–Crippen MR) is 94.1 cm³/mol. The Labute approximate surface area is 136 Å². The van der Waals surface area contributed by atoms with Crippen LogP contribution in [0.5, 0.6) is 0 Å². The highest BCUT2D eigenvalue weighted by Crippen LogP contribution is 2.22. The van der Waals surface area contributed by atoms with E-state index >= 15 is 0 Å². The van der Waals surface area contributed by atoms with Crippen LogP contribution < -0.4 is 10.6 Å². The average Bonchev–Trinajstić information content (AvgIpc) is 2.48. The molecule has 0 unspecified atom stereocenters. The first kappa shape index (κ1) is 16.7. The molecule has 0 aliphatic heterocycles. The quantitative estimate of drug-likeness (QED) is 0.829. The zero-order valence-corrected chi connectivity index (χ0v) is 14.0. The van der Waals surface area contributed by atoms with Crippen LogP contribution in [0.25, 0.3) is 0 Å². The Morgan fingerprint density at radius 1 is 1.13 bits per heavy atom. The van der Waals surface area contributed by atoms with Crippen LogP contribution in [-0.2, 0) is 0 Å². The van der Waals surface area contributed by atoms with Crippen molar-refractivity contribution >= 4 is 17.4 Å². The van der Waals surface area contributed by atoms with Crippen molar-refractivity contribution in [3.05, 3.63) is 59.1 Å². The van der Waals surface area contributed by atoms with Crippen molar-refractivity contribution in [2.24, 2.45) is 0 Å². The number of benzene rings is 1. The maximum Gasteiger partial charge on any atom is 0.274 e. The smallest absolute Gasteiger partial charge is 0.274 e. The maximum absolute atomic E-state index is 12.5. The van der Waals surface area contributed by atoms with Crippen molar-refractivity contribution in [1.82, 2.24) is 9.97 Å². The van der Waals surface area contributed by atoms with Crippen molar-refractivity contribution in [3.63, 3.8) is 0 Å². The van der Waals surface area contributed by atoms with Crippen LogP contribution in [-0.4, -0.2) is 22.4 Å². The van der Waals surface area contributed by atoms with Crippen LogP contribution in [0.2, 0.25) is 0 Å². The monoisotopic (exact) mass is 310 g/mol. The molecule has 0 saturated heterocycles. The molecule has 2 N–H and O–H groups in total. The second-order valence-electron chi connectivity index (χ2n) is 5.58. The molecule has 0 aliphatic carbocycles. The van der Waals surface area contributed by atoms with E-state index in [0.29, 0.717) is 23.9 Å². The summed E-state index contributed by atoms with van der Waals surface area (Å²) in [5, 5.41) is 6.03. The zero-order valence-electron chi connectivity index (χ0n) is 14.0. The molecule has 0 aliphatic rings. The summed E-state index contributed by atoms with van der Waals surface area (Å²) < 4.78 is 0. The minimum atomic E-state index is -0.243. The van der Waals surface area contributed by atoms with E-state index in [1.807, 2.05) is 32.9 Å². The lowest BCUT2D eigenvalue weighted by atomic mass is 10.0. The van der Waals surface area contributed by atoms with E-state index in [9.17, 15) is 4.79 Å². The van der Waals surface area contributed by atoms with E-state index < -0.39 is 0 Å².